The molecule has 15 heavy (non-hydrogen) atoms. The highest BCUT2D eigenvalue weighted by Crippen LogP contribution is 2.21. The summed E-state index contributed by atoms with van der Waals surface area (Å²) in [7, 11) is 0. The van der Waals surface area contributed by atoms with E-state index in [9.17, 15) is 14.4 Å². The molecular formula is C10H15NO4. The van der Waals surface area contributed by atoms with Gasteiger partial charge in [-0.1, -0.05) is 13.8 Å². The van der Waals surface area contributed by atoms with Crippen molar-refractivity contribution in [3.63, 3.8) is 0 Å². The molecule has 5 heteroatoms. The molecule has 1 aliphatic rings. The quantitative estimate of drug-likeness (QED) is 0.698. The van der Waals surface area contributed by atoms with Gasteiger partial charge in [0.15, 0.2) is 0 Å². The molecule has 0 aromatic carbocycles. The van der Waals surface area contributed by atoms with Crippen LogP contribution in [-0.2, 0) is 14.4 Å². The Balaban J connectivity index is 2.87. The second-order valence-electron chi connectivity index (χ2n) is 3.93. The van der Waals surface area contributed by atoms with E-state index in [1.54, 1.807) is 6.92 Å². The van der Waals surface area contributed by atoms with E-state index >= 15 is 0 Å². The van der Waals surface area contributed by atoms with Crippen LogP contribution in [0.5, 0.6) is 0 Å². The van der Waals surface area contributed by atoms with E-state index in [0.29, 0.717) is 0 Å². The number of carbonyl (C=O) groups excluding carboxylic acids is 2. The predicted octanol–water partition coefficient (Wildman–Crippen LogP) is 0.635. The molecule has 0 bridgehead atoms. The zero-order valence-electron chi connectivity index (χ0n) is 8.90. The Labute approximate surface area is 88.1 Å². The third-order valence-electron chi connectivity index (χ3n) is 2.57. The van der Waals surface area contributed by atoms with Crippen molar-refractivity contribution in [1.29, 1.82) is 0 Å². The lowest BCUT2D eigenvalue weighted by Crippen LogP contribution is -2.51. The largest absolute Gasteiger partial charge is 0.480 e. The number of carboxylic acid groups (broad SMARTS) is 1. The van der Waals surface area contributed by atoms with Gasteiger partial charge in [0.2, 0.25) is 11.8 Å². The van der Waals surface area contributed by atoms with Gasteiger partial charge in [-0.15, -0.1) is 0 Å². The minimum absolute atomic E-state index is 0.0209. The number of piperidine rings is 1. The van der Waals surface area contributed by atoms with Gasteiger partial charge in [-0.25, -0.2) is 4.79 Å². The van der Waals surface area contributed by atoms with Gasteiger partial charge in [0.05, 0.1) is 0 Å². The summed E-state index contributed by atoms with van der Waals surface area (Å²) < 4.78 is 0. The summed E-state index contributed by atoms with van der Waals surface area (Å²) in [5.74, 6) is -1.83. The van der Waals surface area contributed by atoms with Crippen LogP contribution in [0.25, 0.3) is 0 Å². The highest BCUT2D eigenvalue weighted by Gasteiger charge is 2.37. The van der Waals surface area contributed by atoms with Crippen molar-refractivity contribution in [2.45, 2.75) is 39.2 Å². The zero-order valence-corrected chi connectivity index (χ0v) is 8.90. The SMILES string of the molecule is CCC(C(=O)O)N1C(=O)CC(C)CC1=O. The molecule has 0 radical (unpaired) electrons. The van der Waals surface area contributed by atoms with Crippen LogP contribution in [0, 0.1) is 5.92 Å². The molecule has 0 spiro atoms. The first-order valence-corrected chi connectivity index (χ1v) is 5.05. The van der Waals surface area contributed by atoms with Gasteiger partial charge in [-0.3, -0.25) is 14.5 Å². The Morgan fingerprint density at radius 1 is 1.47 bits per heavy atom. The molecule has 1 saturated heterocycles. The standard InChI is InChI=1S/C10H15NO4/c1-3-7(10(14)15)11-8(12)4-6(2)5-9(11)13/h6-7H,3-5H2,1-2H3,(H,14,15). The number of hydrogen-bond donors (Lipinski definition) is 1. The van der Waals surface area contributed by atoms with E-state index in [-0.39, 0.29) is 37.0 Å². The van der Waals surface area contributed by atoms with Crippen molar-refractivity contribution in [2.75, 3.05) is 0 Å². The molecule has 2 amide bonds. The second-order valence-corrected chi connectivity index (χ2v) is 3.93. The van der Waals surface area contributed by atoms with Crippen molar-refractivity contribution >= 4 is 17.8 Å². The molecule has 0 aromatic rings. The summed E-state index contributed by atoms with van der Waals surface area (Å²) in [6.07, 6.45) is 0.770. The van der Waals surface area contributed by atoms with E-state index in [4.69, 9.17) is 5.11 Å². The molecule has 1 unspecified atom stereocenters. The first-order chi connectivity index (χ1) is 6.97. The number of amides is 2. The molecule has 1 heterocycles. The zero-order chi connectivity index (χ0) is 11.6. The molecule has 1 aliphatic heterocycles. The Bertz CT molecular complexity index is 282. The van der Waals surface area contributed by atoms with Crippen molar-refractivity contribution < 1.29 is 19.5 Å². The number of hydrogen-bond acceptors (Lipinski definition) is 3. The maximum Gasteiger partial charge on any atom is 0.326 e. The van der Waals surface area contributed by atoms with Crippen LogP contribution >= 0.6 is 0 Å². The van der Waals surface area contributed by atoms with Crippen LogP contribution in [-0.4, -0.2) is 33.8 Å². The van der Waals surface area contributed by atoms with Crippen molar-refractivity contribution in [2.24, 2.45) is 5.92 Å². The van der Waals surface area contributed by atoms with Crippen molar-refractivity contribution in [1.82, 2.24) is 4.90 Å². The molecule has 1 rings (SSSR count). The molecule has 1 fully saturated rings. The number of nitrogens with zero attached hydrogens (tertiary/aromatic N) is 1. The summed E-state index contributed by atoms with van der Waals surface area (Å²) in [5, 5.41) is 8.88. The molecule has 0 saturated carbocycles. The third kappa shape index (κ3) is 2.34. The monoisotopic (exact) mass is 213 g/mol. The lowest BCUT2D eigenvalue weighted by Gasteiger charge is -2.32. The average molecular weight is 213 g/mol. The number of likely N-dealkylation sites (tertiary alicyclic amines) is 1. The predicted molar refractivity (Wildman–Crippen MR) is 52.0 cm³/mol. The van der Waals surface area contributed by atoms with Crippen LogP contribution < -0.4 is 0 Å². The van der Waals surface area contributed by atoms with E-state index < -0.39 is 12.0 Å². The fraction of sp³-hybridized carbons (Fsp3) is 0.700. The van der Waals surface area contributed by atoms with Gasteiger partial charge >= 0.3 is 5.97 Å². The van der Waals surface area contributed by atoms with Gasteiger partial charge in [-0.2, -0.15) is 0 Å². The minimum atomic E-state index is -1.12. The van der Waals surface area contributed by atoms with Crippen molar-refractivity contribution in [3.8, 4) is 0 Å². The summed E-state index contributed by atoms with van der Waals surface area (Å²) in [5.41, 5.74) is 0. The number of aliphatic carboxylic acids is 1. The highest BCUT2D eigenvalue weighted by molar-refractivity contribution is 6.01. The van der Waals surface area contributed by atoms with Gasteiger partial charge in [0.1, 0.15) is 6.04 Å². The molecule has 84 valence electrons. The van der Waals surface area contributed by atoms with Crippen LogP contribution in [0.1, 0.15) is 33.1 Å². The van der Waals surface area contributed by atoms with Gasteiger partial charge in [0, 0.05) is 12.8 Å². The molecular weight excluding hydrogens is 198 g/mol. The van der Waals surface area contributed by atoms with Gasteiger partial charge in [-0.05, 0) is 12.3 Å². The van der Waals surface area contributed by atoms with Crippen LogP contribution in [0.3, 0.4) is 0 Å². The van der Waals surface area contributed by atoms with E-state index in [0.717, 1.165) is 4.90 Å². The Morgan fingerprint density at radius 2 is 1.93 bits per heavy atom. The highest BCUT2D eigenvalue weighted by atomic mass is 16.4. The first-order valence-electron chi connectivity index (χ1n) is 5.05. The molecule has 0 aliphatic carbocycles. The van der Waals surface area contributed by atoms with Crippen molar-refractivity contribution in [3.05, 3.63) is 0 Å². The Hall–Kier alpha value is -1.39. The fourth-order valence-electron chi connectivity index (χ4n) is 1.82. The van der Waals surface area contributed by atoms with Gasteiger partial charge in [0.25, 0.3) is 0 Å². The topological polar surface area (TPSA) is 74.7 Å². The Morgan fingerprint density at radius 3 is 2.27 bits per heavy atom. The molecule has 0 aromatic heterocycles. The smallest absolute Gasteiger partial charge is 0.326 e. The molecule has 1 atom stereocenters. The lowest BCUT2D eigenvalue weighted by molar-refractivity contribution is -0.161. The maximum absolute atomic E-state index is 11.6. The fourth-order valence-corrected chi connectivity index (χ4v) is 1.82. The normalized spacial score (nSPS) is 20.5. The summed E-state index contributed by atoms with van der Waals surface area (Å²) >= 11 is 0. The second kappa shape index (κ2) is 4.42. The van der Waals surface area contributed by atoms with E-state index in [2.05, 4.69) is 0 Å². The number of carboxylic acids is 1. The minimum Gasteiger partial charge on any atom is -0.480 e. The molecule has 5 nitrogen and oxygen atoms in total. The first kappa shape index (κ1) is 11.7. The summed E-state index contributed by atoms with van der Waals surface area (Å²) in [6.45, 7) is 3.46. The number of carbonyl (C=O) groups is 3. The Kier molecular flexibility index (Phi) is 3.44. The van der Waals surface area contributed by atoms with Gasteiger partial charge < -0.3 is 5.11 Å². The maximum atomic E-state index is 11.6. The lowest BCUT2D eigenvalue weighted by atomic mass is 9.96. The summed E-state index contributed by atoms with van der Waals surface area (Å²) in [4.78, 5) is 34.9. The number of rotatable bonds is 3. The van der Waals surface area contributed by atoms with E-state index in [1.165, 1.54) is 0 Å². The van der Waals surface area contributed by atoms with Crippen LogP contribution in [0.2, 0.25) is 0 Å². The number of imide groups is 1. The summed E-state index contributed by atoms with van der Waals surface area (Å²) in [6, 6.07) is -1.00. The van der Waals surface area contributed by atoms with Crippen LogP contribution in [0.15, 0.2) is 0 Å². The molecule has 1 N–H and O–H groups in total. The average Bonchev–Trinajstić information content (AvgIpc) is 2.09. The third-order valence-corrected chi connectivity index (χ3v) is 2.57. The van der Waals surface area contributed by atoms with E-state index in [1.807, 2.05) is 6.92 Å². The van der Waals surface area contributed by atoms with Crippen LogP contribution in [0.4, 0.5) is 0 Å².